The largest absolute Gasteiger partial charge is 0.294 e. The molecule has 1 aliphatic rings. The predicted molar refractivity (Wildman–Crippen MR) is 66.2 cm³/mol. The highest BCUT2D eigenvalue weighted by atomic mass is 19.1. The second-order valence-corrected chi connectivity index (χ2v) is 4.94. The van der Waals surface area contributed by atoms with E-state index < -0.39 is 11.6 Å². The molecule has 1 unspecified atom stereocenters. The van der Waals surface area contributed by atoms with Crippen molar-refractivity contribution in [3.05, 3.63) is 47.0 Å². The SMILES string of the molecule is CC1CC=C(C(=O)Cc2cc(F)ccc2F)CC1. The van der Waals surface area contributed by atoms with Crippen molar-refractivity contribution in [1.82, 2.24) is 0 Å². The summed E-state index contributed by atoms with van der Waals surface area (Å²) >= 11 is 0. The number of rotatable bonds is 3. The van der Waals surface area contributed by atoms with Crippen LogP contribution in [-0.2, 0) is 11.2 Å². The van der Waals surface area contributed by atoms with E-state index in [0.717, 1.165) is 43.0 Å². The molecule has 18 heavy (non-hydrogen) atoms. The van der Waals surface area contributed by atoms with Crippen molar-refractivity contribution in [2.24, 2.45) is 5.92 Å². The van der Waals surface area contributed by atoms with E-state index in [-0.39, 0.29) is 17.8 Å². The van der Waals surface area contributed by atoms with Gasteiger partial charge in [0.25, 0.3) is 0 Å². The minimum absolute atomic E-state index is 0.0518. The van der Waals surface area contributed by atoms with Crippen LogP contribution in [0, 0.1) is 17.6 Å². The van der Waals surface area contributed by atoms with Gasteiger partial charge in [-0.3, -0.25) is 4.79 Å². The van der Waals surface area contributed by atoms with E-state index in [0.29, 0.717) is 5.92 Å². The van der Waals surface area contributed by atoms with Crippen LogP contribution in [0.25, 0.3) is 0 Å². The zero-order valence-electron chi connectivity index (χ0n) is 10.4. The molecule has 0 heterocycles. The molecule has 0 fully saturated rings. The van der Waals surface area contributed by atoms with Crippen LogP contribution in [0.4, 0.5) is 8.78 Å². The quantitative estimate of drug-likeness (QED) is 0.797. The van der Waals surface area contributed by atoms with Crippen molar-refractivity contribution in [2.75, 3.05) is 0 Å². The number of hydrogen-bond donors (Lipinski definition) is 0. The van der Waals surface area contributed by atoms with Gasteiger partial charge in [-0.05, 0) is 54.5 Å². The zero-order chi connectivity index (χ0) is 13.1. The first kappa shape index (κ1) is 12.9. The van der Waals surface area contributed by atoms with Gasteiger partial charge in [-0.2, -0.15) is 0 Å². The van der Waals surface area contributed by atoms with Gasteiger partial charge in [0.2, 0.25) is 0 Å². The fourth-order valence-electron chi connectivity index (χ4n) is 2.18. The molecule has 0 aromatic heterocycles. The van der Waals surface area contributed by atoms with Crippen molar-refractivity contribution in [3.63, 3.8) is 0 Å². The minimum Gasteiger partial charge on any atom is -0.294 e. The van der Waals surface area contributed by atoms with Crippen LogP contribution in [0.15, 0.2) is 29.8 Å². The van der Waals surface area contributed by atoms with Gasteiger partial charge in [0.1, 0.15) is 11.6 Å². The van der Waals surface area contributed by atoms with Crippen molar-refractivity contribution < 1.29 is 13.6 Å². The average Bonchev–Trinajstić information content (AvgIpc) is 2.34. The molecule has 1 nitrogen and oxygen atoms in total. The molecular weight excluding hydrogens is 234 g/mol. The maximum atomic E-state index is 13.4. The Morgan fingerprint density at radius 3 is 2.83 bits per heavy atom. The lowest BCUT2D eigenvalue weighted by Crippen LogP contribution is -2.12. The number of ketones is 1. The molecule has 3 heteroatoms. The van der Waals surface area contributed by atoms with Gasteiger partial charge in [0.15, 0.2) is 5.78 Å². The predicted octanol–water partition coefficient (Wildman–Crippen LogP) is 3.82. The summed E-state index contributed by atoms with van der Waals surface area (Å²) in [4.78, 5) is 12.0. The van der Waals surface area contributed by atoms with E-state index in [4.69, 9.17) is 0 Å². The average molecular weight is 250 g/mol. The van der Waals surface area contributed by atoms with E-state index >= 15 is 0 Å². The van der Waals surface area contributed by atoms with Crippen LogP contribution in [0.1, 0.15) is 31.7 Å². The second-order valence-electron chi connectivity index (χ2n) is 4.94. The van der Waals surface area contributed by atoms with Crippen LogP contribution >= 0.6 is 0 Å². The van der Waals surface area contributed by atoms with Crippen molar-refractivity contribution in [1.29, 1.82) is 0 Å². The Bertz CT molecular complexity index is 491. The molecule has 0 bridgehead atoms. The molecule has 0 N–H and O–H groups in total. The van der Waals surface area contributed by atoms with E-state index in [1.54, 1.807) is 0 Å². The molecule has 0 spiro atoms. The molecule has 0 radical (unpaired) electrons. The number of Topliss-reactive ketones (excluding diaryl/α,β-unsaturated/α-hetero) is 1. The lowest BCUT2D eigenvalue weighted by atomic mass is 9.88. The van der Waals surface area contributed by atoms with Gasteiger partial charge in [0, 0.05) is 6.42 Å². The summed E-state index contributed by atoms with van der Waals surface area (Å²) in [6.45, 7) is 2.14. The number of benzene rings is 1. The monoisotopic (exact) mass is 250 g/mol. The fourth-order valence-corrected chi connectivity index (χ4v) is 2.18. The molecule has 0 saturated carbocycles. The van der Waals surface area contributed by atoms with Gasteiger partial charge in [0.05, 0.1) is 0 Å². The summed E-state index contributed by atoms with van der Waals surface area (Å²) in [5.41, 5.74) is 0.899. The Balaban J connectivity index is 2.09. The van der Waals surface area contributed by atoms with Crippen LogP contribution < -0.4 is 0 Å². The number of carbonyl (C=O) groups excluding carboxylic acids is 1. The van der Waals surface area contributed by atoms with Gasteiger partial charge in [-0.25, -0.2) is 8.78 Å². The topological polar surface area (TPSA) is 17.1 Å². The second kappa shape index (κ2) is 5.42. The van der Waals surface area contributed by atoms with E-state index in [1.165, 1.54) is 0 Å². The molecule has 1 aromatic carbocycles. The fraction of sp³-hybridized carbons (Fsp3) is 0.400. The summed E-state index contributed by atoms with van der Waals surface area (Å²) in [6, 6.07) is 3.22. The van der Waals surface area contributed by atoms with Gasteiger partial charge in [-0.1, -0.05) is 13.0 Å². The standard InChI is InChI=1S/C15H16F2O/c1-10-2-4-11(5-3-10)15(18)9-12-8-13(16)6-7-14(12)17/h4,6-8,10H,2-3,5,9H2,1H3. The summed E-state index contributed by atoms with van der Waals surface area (Å²) in [5, 5.41) is 0. The molecule has 1 aliphatic carbocycles. The molecule has 96 valence electrons. The molecular formula is C15H16F2O. The van der Waals surface area contributed by atoms with Crippen LogP contribution in [0.3, 0.4) is 0 Å². The third-order valence-corrected chi connectivity index (χ3v) is 3.39. The van der Waals surface area contributed by atoms with Crippen molar-refractivity contribution >= 4 is 5.78 Å². The number of hydrogen-bond acceptors (Lipinski definition) is 1. The Morgan fingerprint density at radius 2 is 2.17 bits per heavy atom. The molecule has 2 rings (SSSR count). The minimum atomic E-state index is -0.519. The number of allylic oxidation sites excluding steroid dienone is 2. The normalized spacial score (nSPS) is 19.5. The molecule has 0 amide bonds. The van der Waals surface area contributed by atoms with Crippen LogP contribution in [0.2, 0.25) is 0 Å². The van der Waals surface area contributed by atoms with E-state index in [1.807, 2.05) is 6.08 Å². The first-order valence-corrected chi connectivity index (χ1v) is 6.22. The van der Waals surface area contributed by atoms with Gasteiger partial charge >= 0.3 is 0 Å². The highest BCUT2D eigenvalue weighted by molar-refractivity contribution is 5.96. The number of carbonyl (C=O) groups is 1. The molecule has 1 atom stereocenters. The van der Waals surface area contributed by atoms with Gasteiger partial charge < -0.3 is 0 Å². The summed E-state index contributed by atoms with van der Waals surface area (Å²) in [5.74, 6) is -0.515. The Morgan fingerprint density at radius 1 is 1.39 bits per heavy atom. The third-order valence-electron chi connectivity index (χ3n) is 3.39. The number of halogens is 2. The Hall–Kier alpha value is -1.51. The van der Waals surface area contributed by atoms with E-state index in [9.17, 15) is 13.6 Å². The highest BCUT2D eigenvalue weighted by Crippen LogP contribution is 2.24. The zero-order valence-corrected chi connectivity index (χ0v) is 10.4. The molecule has 1 aromatic rings. The third kappa shape index (κ3) is 3.03. The Labute approximate surface area is 106 Å². The van der Waals surface area contributed by atoms with Crippen LogP contribution in [-0.4, -0.2) is 5.78 Å². The summed E-state index contributed by atoms with van der Waals surface area (Å²) in [7, 11) is 0. The first-order chi connectivity index (χ1) is 8.56. The van der Waals surface area contributed by atoms with Crippen molar-refractivity contribution in [3.8, 4) is 0 Å². The Kier molecular flexibility index (Phi) is 3.90. The first-order valence-electron chi connectivity index (χ1n) is 6.22. The lowest BCUT2D eigenvalue weighted by molar-refractivity contribution is -0.115. The molecule has 0 aliphatic heterocycles. The van der Waals surface area contributed by atoms with Gasteiger partial charge in [-0.15, -0.1) is 0 Å². The molecule has 0 saturated heterocycles. The lowest BCUT2D eigenvalue weighted by Gasteiger charge is -2.17. The van der Waals surface area contributed by atoms with Crippen molar-refractivity contribution in [2.45, 2.75) is 32.6 Å². The summed E-state index contributed by atoms with van der Waals surface area (Å²) in [6.07, 6.45) is 4.52. The summed E-state index contributed by atoms with van der Waals surface area (Å²) < 4.78 is 26.4. The maximum Gasteiger partial charge on any atom is 0.163 e. The van der Waals surface area contributed by atoms with Crippen LogP contribution in [0.5, 0.6) is 0 Å². The maximum absolute atomic E-state index is 13.4. The highest BCUT2D eigenvalue weighted by Gasteiger charge is 2.17. The van der Waals surface area contributed by atoms with E-state index in [2.05, 4.69) is 6.92 Å². The smallest absolute Gasteiger partial charge is 0.163 e.